The van der Waals surface area contributed by atoms with Gasteiger partial charge in [-0.25, -0.2) is 4.98 Å². The Morgan fingerprint density at radius 3 is 2.70 bits per heavy atom. The van der Waals surface area contributed by atoms with Gasteiger partial charge in [0.2, 0.25) is 0 Å². The van der Waals surface area contributed by atoms with Gasteiger partial charge in [-0.05, 0) is 18.9 Å². The van der Waals surface area contributed by atoms with Crippen LogP contribution in [0.5, 0.6) is 0 Å². The molecule has 0 saturated carbocycles. The molecule has 1 unspecified atom stereocenters. The Morgan fingerprint density at radius 1 is 1.40 bits per heavy atom. The van der Waals surface area contributed by atoms with Crippen LogP contribution in [-0.2, 0) is 11.2 Å². The van der Waals surface area contributed by atoms with Crippen LogP contribution < -0.4 is 5.56 Å². The van der Waals surface area contributed by atoms with Crippen molar-refractivity contribution in [2.24, 2.45) is 0 Å². The quantitative estimate of drug-likeness (QED) is 0.649. The van der Waals surface area contributed by atoms with Crippen LogP contribution in [0.1, 0.15) is 11.4 Å². The fraction of sp³-hybridized carbons (Fsp3) is 0.214. The number of nitrogens with zero attached hydrogens (tertiary/aromatic N) is 1. The molecule has 6 heteroatoms. The van der Waals surface area contributed by atoms with Crippen molar-refractivity contribution in [3.63, 3.8) is 0 Å². The van der Waals surface area contributed by atoms with Gasteiger partial charge in [-0.15, -0.1) is 0 Å². The van der Waals surface area contributed by atoms with Gasteiger partial charge in [0.05, 0.1) is 0 Å². The first-order valence-electron chi connectivity index (χ1n) is 6.06. The summed E-state index contributed by atoms with van der Waals surface area (Å²) in [6, 6.07) is 10.7. The highest BCUT2D eigenvalue weighted by atomic mass is 32.2. The van der Waals surface area contributed by atoms with Gasteiger partial charge in [-0.1, -0.05) is 42.1 Å². The van der Waals surface area contributed by atoms with Crippen LogP contribution in [0, 0.1) is 6.92 Å². The zero-order valence-corrected chi connectivity index (χ0v) is 11.7. The number of carbonyl (C=O) groups is 1. The molecule has 0 fully saturated rings. The average molecular weight is 290 g/mol. The molecule has 1 heterocycles. The number of hydrogen-bond donors (Lipinski definition) is 2. The minimum Gasteiger partial charge on any atom is -0.480 e. The van der Waals surface area contributed by atoms with Gasteiger partial charge in [0, 0.05) is 6.07 Å². The number of nitrogens with one attached hydrogen (secondary N) is 1. The second-order valence-corrected chi connectivity index (χ2v) is 5.53. The molecule has 2 N–H and O–H groups in total. The normalized spacial score (nSPS) is 12.1. The highest BCUT2D eigenvalue weighted by Crippen LogP contribution is 2.23. The topological polar surface area (TPSA) is 83.0 Å². The van der Waals surface area contributed by atoms with Crippen LogP contribution >= 0.6 is 11.8 Å². The van der Waals surface area contributed by atoms with Crippen molar-refractivity contribution < 1.29 is 9.90 Å². The number of hydrogen-bond acceptors (Lipinski definition) is 4. The second kappa shape index (κ2) is 6.38. The van der Waals surface area contributed by atoms with Crippen molar-refractivity contribution in [3.05, 3.63) is 58.1 Å². The Labute approximate surface area is 120 Å². The lowest BCUT2D eigenvalue weighted by molar-refractivity contribution is -0.136. The van der Waals surface area contributed by atoms with Gasteiger partial charge in [0.15, 0.2) is 0 Å². The molecule has 20 heavy (non-hydrogen) atoms. The number of carboxylic acids is 1. The van der Waals surface area contributed by atoms with E-state index in [1.165, 1.54) is 6.07 Å². The van der Waals surface area contributed by atoms with Crippen molar-refractivity contribution in [1.82, 2.24) is 9.97 Å². The molecule has 2 rings (SSSR count). The van der Waals surface area contributed by atoms with Gasteiger partial charge in [-0.2, -0.15) is 0 Å². The summed E-state index contributed by atoms with van der Waals surface area (Å²) in [5, 5.41) is 9.05. The van der Waals surface area contributed by atoms with Crippen LogP contribution in [-0.4, -0.2) is 26.3 Å². The zero-order chi connectivity index (χ0) is 14.5. The lowest BCUT2D eigenvalue weighted by atomic mass is 10.1. The molecule has 0 saturated heterocycles. The van der Waals surface area contributed by atoms with E-state index >= 15 is 0 Å². The molecule has 0 aliphatic rings. The highest BCUT2D eigenvalue weighted by molar-refractivity contribution is 8.00. The summed E-state index contributed by atoms with van der Waals surface area (Å²) in [6.45, 7) is 1.67. The molecule has 2 aromatic rings. The van der Waals surface area contributed by atoms with Crippen LogP contribution in [0.15, 0.2) is 46.2 Å². The number of carboxylic acid groups (broad SMARTS) is 1. The lowest BCUT2D eigenvalue weighted by Gasteiger charge is -2.11. The minimum absolute atomic E-state index is 0.274. The van der Waals surface area contributed by atoms with Gasteiger partial charge < -0.3 is 10.1 Å². The number of H-pyrrole nitrogens is 1. The van der Waals surface area contributed by atoms with Gasteiger partial charge >= 0.3 is 5.97 Å². The van der Waals surface area contributed by atoms with E-state index in [9.17, 15) is 14.7 Å². The molecule has 0 bridgehead atoms. The Hall–Kier alpha value is -2.08. The number of aromatic nitrogens is 2. The van der Waals surface area contributed by atoms with E-state index in [0.717, 1.165) is 17.3 Å². The Kier molecular flexibility index (Phi) is 4.57. The molecule has 0 amide bonds. The number of aliphatic carboxylic acids is 1. The van der Waals surface area contributed by atoms with E-state index in [2.05, 4.69) is 9.97 Å². The van der Waals surface area contributed by atoms with Crippen LogP contribution in [0.2, 0.25) is 0 Å². The van der Waals surface area contributed by atoms with Crippen LogP contribution in [0.3, 0.4) is 0 Å². The fourth-order valence-electron chi connectivity index (χ4n) is 1.77. The van der Waals surface area contributed by atoms with Gasteiger partial charge in [0.25, 0.3) is 5.56 Å². The predicted molar refractivity (Wildman–Crippen MR) is 77.0 cm³/mol. The molecular weight excluding hydrogens is 276 g/mol. The standard InChI is InChI=1S/C14H14N2O3S/c1-9-15-12(17)8-13(16-9)20-11(14(18)19)7-10-5-3-2-4-6-10/h2-6,8,11H,7H2,1H3,(H,18,19)(H,15,16,17). The molecule has 0 radical (unpaired) electrons. The van der Waals surface area contributed by atoms with E-state index in [4.69, 9.17) is 0 Å². The lowest BCUT2D eigenvalue weighted by Crippen LogP contribution is -2.20. The van der Waals surface area contributed by atoms with Gasteiger partial charge in [-0.3, -0.25) is 9.59 Å². The fourth-order valence-corrected chi connectivity index (χ4v) is 2.80. The first-order chi connectivity index (χ1) is 9.54. The first kappa shape index (κ1) is 14.3. The Morgan fingerprint density at radius 2 is 2.10 bits per heavy atom. The van der Waals surface area contributed by atoms with E-state index in [1.807, 2.05) is 30.3 Å². The summed E-state index contributed by atoms with van der Waals surface area (Å²) in [5.41, 5.74) is 0.665. The first-order valence-corrected chi connectivity index (χ1v) is 6.94. The highest BCUT2D eigenvalue weighted by Gasteiger charge is 2.20. The van der Waals surface area contributed by atoms with Crippen LogP contribution in [0.25, 0.3) is 0 Å². The molecule has 104 valence electrons. The average Bonchev–Trinajstić information content (AvgIpc) is 2.38. The van der Waals surface area contributed by atoms with Crippen molar-refractivity contribution >= 4 is 17.7 Å². The largest absolute Gasteiger partial charge is 0.480 e. The maximum atomic E-state index is 11.4. The maximum Gasteiger partial charge on any atom is 0.317 e. The summed E-state index contributed by atoms with van der Waals surface area (Å²) < 4.78 is 0. The van der Waals surface area contributed by atoms with E-state index in [-0.39, 0.29) is 5.56 Å². The molecule has 0 aliphatic heterocycles. The third-order valence-electron chi connectivity index (χ3n) is 2.64. The van der Waals surface area contributed by atoms with E-state index in [0.29, 0.717) is 17.3 Å². The third kappa shape index (κ3) is 3.96. The van der Waals surface area contributed by atoms with E-state index < -0.39 is 11.2 Å². The van der Waals surface area contributed by atoms with Crippen molar-refractivity contribution in [3.8, 4) is 0 Å². The molecule has 1 atom stereocenters. The number of benzene rings is 1. The van der Waals surface area contributed by atoms with Crippen molar-refractivity contribution in [2.75, 3.05) is 0 Å². The number of thioether (sulfide) groups is 1. The zero-order valence-electron chi connectivity index (χ0n) is 10.9. The number of aromatic amines is 1. The second-order valence-electron chi connectivity index (χ2n) is 4.30. The maximum absolute atomic E-state index is 11.4. The van der Waals surface area contributed by atoms with Gasteiger partial charge in [0.1, 0.15) is 16.1 Å². The Balaban J connectivity index is 2.17. The summed E-state index contributed by atoms with van der Waals surface area (Å²) >= 11 is 1.09. The molecule has 5 nitrogen and oxygen atoms in total. The summed E-state index contributed by atoms with van der Waals surface area (Å²) in [4.78, 5) is 29.4. The SMILES string of the molecule is Cc1nc(SC(Cc2ccccc2)C(=O)O)cc(=O)[nH]1. The van der Waals surface area contributed by atoms with Crippen molar-refractivity contribution in [1.29, 1.82) is 0 Å². The minimum atomic E-state index is -0.918. The number of aryl methyl sites for hydroxylation is 1. The third-order valence-corrected chi connectivity index (χ3v) is 3.74. The monoisotopic (exact) mass is 290 g/mol. The summed E-state index contributed by atoms with van der Waals surface area (Å²) in [7, 11) is 0. The molecule has 0 spiro atoms. The predicted octanol–water partition coefficient (Wildman–Crippen LogP) is 1.87. The van der Waals surface area contributed by atoms with Crippen LogP contribution in [0.4, 0.5) is 0 Å². The van der Waals surface area contributed by atoms with E-state index in [1.54, 1.807) is 6.92 Å². The molecule has 0 aliphatic carbocycles. The Bertz CT molecular complexity index is 655. The summed E-state index contributed by atoms with van der Waals surface area (Å²) in [5.74, 6) is -0.442. The number of rotatable bonds is 5. The van der Waals surface area contributed by atoms with Crippen molar-refractivity contribution in [2.45, 2.75) is 23.6 Å². The molecular formula is C14H14N2O3S. The smallest absolute Gasteiger partial charge is 0.317 e. The molecule has 1 aromatic heterocycles. The molecule has 1 aromatic carbocycles. The summed E-state index contributed by atoms with van der Waals surface area (Å²) in [6.07, 6.45) is 0.383.